The third-order valence-corrected chi connectivity index (χ3v) is 3.49. The molecule has 0 atom stereocenters. The van der Waals surface area contributed by atoms with Crippen LogP contribution in [0.5, 0.6) is 5.75 Å². The minimum absolute atomic E-state index is 0.0771. The maximum absolute atomic E-state index is 6.39. The number of aryl methyl sites for hydroxylation is 1. The summed E-state index contributed by atoms with van der Waals surface area (Å²) in [7, 11) is 1.66. The maximum Gasteiger partial charge on any atom is 0.132 e. The molecule has 114 valence electrons. The van der Waals surface area contributed by atoms with Crippen molar-refractivity contribution < 1.29 is 4.74 Å². The molecule has 0 saturated heterocycles. The van der Waals surface area contributed by atoms with E-state index in [-0.39, 0.29) is 5.54 Å². The van der Waals surface area contributed by atoms with E-state index in [0.29, 0.717) is 0 Å². The fourth-order valence-electron chi connectivity index (χ4n) is 2.58. The lowest BCUT2D eigenvalue weighted by Gasteiger charge is -2.25. The van der Waals surface area contributed by atoms with Gasteiger partial charge in [-0.25, -0.2) is 4.98 Å². The van der Waals surface area contributed by atoms with Gasteiger partial charge in [0.1, 0.15) is 23.1 Å². The summed E-state index contributed by atoms with van der Waals surface area (Å²) in [4.78, 5) is 4.79. The number of imidazole rings is 1. The fraction of sp³-hybridized carbons (Fsp3) is 0.471. The zero-order chi connectivity index (χ0) is 15.6. The molecule has 2 aromatic rings. The number of nitrogen functional groups attached to an aromatic ring is 1. The minimum Gasteiger partial charge on any atom is -0.497 e. The Hall–Kier alpha value is -1.97. The molecular weight excluding hydrogens is 262 g/mol. The van der Waals surface area contributed by atoms with Gasteiger partial charge in [0, 0.05) is 17.5 Å². The van der Waals surface area contributed by atoms with E-state index in [4.69, 9.17) is 15.5 Å². The van der Waals surface area contributed by atoms with Crippen molar-refractivity contribution >= 4 is 5.82 Å². The summed E-state index contributed by atoms with van der Waals surface area (Å²) in [5.41, 5.74) is 8.19. The topological polar surface area (TPSA) is 53.1 Å². The molecule has 1 aromatic carbocycles. The fourth-order valence-corrected chi connectivity index (χ4v) is 2.58. The number of aromatic nitrogens is 2. The molecule has 4 heteroatoms. The van der Waals surface area contributed by atoms with Crippen LogP contribution in [0.2, 0.25) is 0 Å². The number of nitrogens with zero attached hydrogens (tertiary/aromatic N) is 2. The van der Waals surface area contributed by atoms with Gasteiger partial charge in [0.2, 0.25) is 0 Å². The summed E-state index contributed by atoms with van der Waals surface area (Å²) >= 11 is 0. The van der Waals surface area contributed by atoms with Crippen molar-refractivity contribution in [2.24, 2.45) is 0 Å². The maximum atomic E-state index is 6.39. The minimum atomic E-state index is -0.0771. The Morgan fingerprint density at radius 2 is 1.81 bits per heavy atom. The summed E-state index contributed by atoms with van der Waals surface area (Å²) < 4.78 is 7.35. The number of hydrogen-bond acceptors (Lipinski definition) is 3. The van der Waals surface area contributed by atoms with Crippen LogP contribution in [0.3, 0.4) is 0 Å². The molecule has 0 aliphatic rings. The lowest BCUT2D eigenvalue weighted by atomic mass is 10.1. The largest absolute Gasteiger partial charge is 0.497 e. The highest BCUT2D eigenvalue weighted by molar-refractivity contribution is 5.71. The second kappa shape index (κ2) is 5.80. The highest BCUT2D eigenvalue weighted by Gasteiger charge is 2.24. The Labute approximate surface area is 127 Å². The zero-order valence-electron chi connectivity index (χ0n) is 13.6. The molecule has 0 spiro atoms. The number of anilines is 1. The SMILES string of the molecule is CCCc1nc(-c2ccc(OC)cc2)c(N)n1C(C)(C)C. The molecule has 1 aromatic heterocycles. The van der Waals surface area contributed by atoms with Gasteiger partial charge in [-0.2, -0.15) is 0 Å². The molecule has 0 aliphatic heterocycles. The molecule has 2 N–H and O–H groups in total. The van der Waals surface area contributed by atoms with E-state index in [2.05, 4.69) is 32.3 Å². The molecule has 0 radical (unpaired) electrons. The van der Waals surface area contributed by atoms with E-state index in [1.165, 1.54) is 0 Å². The first-order valence-electron chi connectivity index (χ1n) is 7.40. The second-order valence-electron chi connectivity index (χ2n) is 6.25. The zero-order valence-corrected chi connectivity index (χ0v) is 13.6. The molecule has 0 saturated carbocycles. The third kappa shape index (κ3) is 3.04. The van der Waals surface area contributed by atoms with Gasteiger partial charge < -0.3 is 15.0 Å². The Morgan fingerprint density at radius 3 is 2.29 bits per heavy atom. The molecule has 2 rings (SSSR count). The van der Waals surface area contributed by atoms with Gasteiger partial charge in [0.15, 0.2) is 0 Å². The molecule has 21 heavy (non-hydrogen) atoms. The molecule has 4 nitrogen and oxygen atoms in total. The van der Waals surface area contributed by atoms with E-state index in [0.717, 1.165) is 41.5 Å². The van der Waals surface area contributed by atoms with Gasteiger partial charge in [-0.05, 0) is 51.5 Å². The van der Waals surface area contributed by atoms with Crippen LogP contribution in [0, 0.1) is 0 Å². The predicted molar refractivity (Wildman–Crippen MR) is 87.6 cm³/mol. The normalized spacial score (nSPS) is 11.7. The van der Waals surface area contributed by atoms with Gasteiger partial charge in [-0.3, -0.25) is 0 Å². The van der Waals surface area contributed by atoms with E-state index >= 15 is 0 Å². The van der Waals surface area contributed by atoms with Crippen LogP contribution in [-0.4, -0.2) is 16.7 Å². The molecule has 0 fully saturated rings. The van der Waals surface area contributed by atoms with Crippen molar-refractivity contribution in [1.82, 2.24) is 9.55 Å². The van der Waals surface area contributed by atoms with Gasteiger partial charge in [0.25, 0.3) is 0 Å². The number of methoxy groups -OCH3 is 1. The first kappa shape index (κ1) is 15.4. The van der Waals surface area contributed by atoms with Crippen molar-refractivity contribution in [3.05, 3.63) is 30.1 Å². The number of nitrogens with two attached hydrogens (primary N) is 1. The van der Waals surface area contributed by atoms with Crippen molar-refractivity contribution in [1.29, 1.82) is 0 Å². The monoisotopic (exact) mass is 287 g/mol. The number of benzene rings is 1. The van der Waals surface area contributed by atoms with Crippen LogP contribution < -0.4 is 10.5 Å². The van der Waals surface area contributed by atoms with E-state index in [1.807, 2.05) is 24.3 Å². The van der Waals surface area contributed by atoms with Crippen LogP contribution in [0.4, 0.5) is 5.82 Å². The first-order chi connectivity index (χ1) is 9.88. The van der Waals surface area contributed by atoms with Crippen LogP contribution >= 0.6 is 0 Å². The van der Waals surface area contributed by atoms with Gasteiger partial charge in [-0.1, -0.05) is 6.92 Å². The number of ether oxygens (including phenoxy) is 1. The summed E-state index contributed by atoms with van der Waals surface area (Å²) in [5, 5.41) is 0. The van der Waals surface area contributed by atoms with Gasteiger partial charge >= 0.3 is 0 Å². The van der Waals surface area contributed by atoms with Gasteiger partial charge in [0.05, 0.1) is 7.11 Å². The van der Waals surface area contributed by atoms with Crippen molar-refractivity contribution in [2.45, 2.75) is 46.1 Å². The molecule has 0 bridgehead atoms. The molecular formula is C17H25N3O. The quantitative estimate of drug-likeness (QED) is 0.929. The highest BCUT2D eigenvalue weighted by atomic mass is 16.5. The van der Waals surface area contributed by atoms with Crippen LogP contribution in [0.25, 0.3) is 11.3 Å². The molecule has 0 unspecified atom stereocenters. The Balaban J connectivity index is 2.53. The summed E-state index contributed by atoms with van der Waals surface area (Å²) in [6.07, 6.45) is 1.98. The van der Waals surface area contributed by atoms with E-state index < -0.39 is 0 Å². The Morgan fingerprint density at radius 1 is 1.19 bits per heavy atom. The van der Waals surface area contributed by atoms with Crippen molar-refractivity contribution in [2.75, 3.05) is 12.8 Å². The second-order valence-corrected chi connectivity index (χ2v) is 6.25. The average Bonchev–Trinajstić information content (AvgIpc) is 2.76. The van der Waals surface area contributed by atoms with Crippen LogP contribution in [0.15, 0.2) is 24.3 Å². The first-order valence-corrected chi connectivity index (χ1v) is 7.40. The smallest absolute Gasteiger partial charge is 0.132 e. The van der Waals surface area contributed by atoms with Crippen LogP contribution in [0.1, 0.15) is 39.9 Å². The molecule has 0 amide bonds. The summed E-state index contributed by atoms with van der Waals surface area (Å²) in [6, 6.07) is 7.87. The highest BCUT2D eigenvalue weighted by Crippen LogP contribution is 2.32. The third-order valence-electron chi connectivity index (χ3n) is 3.49. The standard InChI is InChI=1S/C17H25N3O/c1-6-7-14-19-15(16(18)20(14)17(2,3)4)12-8-10-13(21-5)11-9-12/h8-11H,6-7,18H2,1-5H3. The van der Waals surface area contributed by atoms with Crippen molar-refractivity contribution in [3.63, 3.8) is 0 Å². The lowest BCUT2D eigenvalue weighted by Crippen LogP contribution is -2.25. The number of rotatable bonds is 4. The summed E-state index contributed by atoms with van der Waals surface area (Å²) in [5.74, 6) is 2.62. The Kier molecular flexibility index (Phi) is 4.26. The van der Waals surface area contributed by atoms with E-state index in [9.17, 15) is 0 Å². The molecule has 0 aliphatic carbocycles. The number of hydrogen-bond donors (Lipinski definition) is 1. The summed E-state index contributed by atoms with van der Waals surface area (Å²) in [6.45, 7) is 8.62. The van der Waals surface area contributed by atoms with E-state index in [1.54, 1.807) is 7.11 Å². The predicted octanol–water partition coefficient (Wildman–Crippen LogP) is 3.85. The molecule has 1 heterocycles. The average molecular weight is 287 g/mol. The van der Waals surface area contributed by atoms with Crippen LogP contribution in [-0.2, 0) is 12.0 Å². The lowest BCUT2D eigenvalue weighted by molar-refractivity contribution is 0.387. The Bertz CT molecular complexity index is 606. The van der Waals surface area contributed by atoms with Gasteiger partial charge in [-0.15, -0.1) is 0 Å². The van der Waals surface area contributed by atoms with Crippen molar-refractivity contribution in [3.8, 4) is 17.0 Å².